The third-order valence-corrected chi connectivity index (χ3v) is 5.15. The second-order valence-corrected chi connectivity index (χ2v) is 7.02. The molecule has 0 saturated carbocycles. The van der Waals surface area contributed by atoms with Gasteiger partial charge in [0.2, 0.25) is 11.8 Å². The summed E-state index contributed by atoms with van der Waals surface area (Å²) in [7, 11) is 0. The Morgan fingerprint density at radius 1 is 1.07 bits per heavy atom. The minimum Gasteiger partial charge on any atom is -0.467 e. The van der Waals surface area contributed by atoms with Gasteiger partial charge in [-0.05, 0) is 42.0 Å². The smallest absolute Gasteiger partial charge is 0.223 e. The average molecular weight is 395 g/mol. The Morgan fingerprint density at radius 2 is 1.90 bits per heavy atom. The number of halogens is 1. The second-order valence-electron chi connectivity index (χ2n) is 7.02. The van der Waals surface area contributed by atoms with Crippen molar-refractivity contribution in [2.75, 3.05) is 6.54 Å². The topological polar surface area (TPSA) is 67.5 Å². The molecule has 0 unspecified atom stereocenters. The SMILES string of the molecule is O=C(CCC(=O)N1CCn2cccc2[C@@H]1c1ccc(F)cc1)NCc1ccco1. The molecule has 2 aromatic heterocycles. The first-order chi connectivity index (χ1) is 14.1. The summed E-state index contributed by atoms with van der Waals surface area (Å²) in [5, 5.41) is 2.75. The van der Waals surface area contributed by atoms with Crippen molar-refractivity contribution in [3.05, 3.63) is 83.8 Å². The van der Waals surface area contributed by atoms with Gasteiger partial charge in [-0.15, -0.1) is 0 Å². The van der Waals surface area contributed by atoms with Gasteiger partial charge in [0.1, 0.15) is 11.6 Å². The first-order valence-corrected chi connectivity index (χ1v) is 9.61. The molecule has 1 aliphatic heterocycles. The fourth-order valence-electron chi connectivity index (χ4n) is 3.70. The molecule has 1 aromatic carbocycles. The summed E-state index contributed by atoms with van der Waals surface area (Å²) < 4.78 is 20.7. The first kappa shape index (κ1) is 19.0. The molecule has 3 aromatic rings. The van der Waals surface area contributed by atoms with Gasteiger partial charge in [0.05, 0.1) is 18.8 Å². The number of fused-ring (bicyclic) bond motifs is 1. The van der Waals surface area contributed by atoms with Crippen LogP contribution in [0.2, 0.25) is 0 Å². The van der Waals surface area contributed by atoms with Crippen LogP contribution in [0.25, 0.3) is 0 Å². The molecule has 3 heterocycles. The van der Waals surface area contributed by atoms with Crippen LogP contribution in [0.5, 0.6) is 0 Å². The fraction of sp³-hybridized carbons (Fsp3) is 0.273. The molecule has 7 heteroatoms. The largest absolute Gasteiger partial charge is 0.467 e. The van der Waals surface area contributed by atoms with Crippen molar-refractivity contribution in [1.82, 2.24) is 14.8 Å². The van der Waals surface area contributed by atoms with E-state index in [4.69, 9.17) is 4.42 Å². The predicted octanol–water partition coefficient (Wildman–Crippen LogP) is 3.25. The normalized spacial score (nSPS) is 15.8. The number of hydrogen-bond acceptors (Lipinski definition) is 3. The molecule has 1 N–H and O–H groups in total. The van der Waals surface area contributed by atoms with Crippen LogP contribution in [0.3, 0.4) is 0 Å². The lowest BCUT2D eigenvalue weighted by atomic mass is 9.99. The van der Waals surface area contributed by atoms with Crippen LogP contribution >= 0.6 is 0 Å². The molecule has 1 aliphatic rings. The van der Waals surface area contributed by atoms with E-state index in [-0.39, 0.29) is 36.5 Å². The third kappa shape index (κ3) is 4.23. The van der Waals surface area contributed by atoms with Crippen molar-refractivity contribution in [2.45, 2.75) is 32.0 Å². The maximum absolute atomic E-state index is 13.4. The minimum atomic E-state index is -0.314. The lowest BCUT2D eigenvalue weighted by molar-refractivity contribution is -0.136. The maximum Gasteiger partial charge on any atom is 0.223 e. The molecule has 0 bridgehead atoms. The number of nitrogens with zero attached hydrogens (tertiary/aromatic N) is 2. The van der Waals surface area contributed by atoms with E-state index in [0.29, 0.717) is 25.4 Å². The molecule has 0 spiro atoms. The molecule has 29 heavy (non-hydrogen) atoms. The Hall–Kier alpha value is -3.35. The molecular weight excluding hydrogens is 373 g/mol. The van der Waals surface area contributed by atoms with Crippen molar-refractivity contribution >= 4 is 11.8 Å². The van der Waals surface area contributed by atoms with Crippen molar-refractivity contribution in [2.24, 2.45) is 0 Å². The summed E-state index contributed by atoms with van der Waals surface area (Å²) in [5.41, 5.74) is 1.83. The van der Waals surface area contributed by atoms with Gasteiger partial charge in [-0.1, -0.05) is 12.1 Å². The Bertz CT molecular complexity index is 979. The molecule has 0 aliphatic carbocycles. The second kappa shape index (κ2) is 8.34. The number of carbonyl (C=O) groups excluding carboxylic acids is 2. The molecule has 0 saturated heterocycles. The number of aromatic nitrogens is 1. The van der Waals surface area contributed by atoms with Gasteiger partial charge < -0.3 is 19.2 Å². The average Bonchev–Trinajstić information content (AvgIpc) is 3.42. The van der Waals surface area contributed by atoms with Crippen LogP contribution < -0.4 is 5.32 Å². The Balaban J connectivity index is 1.43. The van der Waals surface area contributed by atoms with E-state index >= 15 is 0 Å². The molecule has 2 amide bonds. The zero-order valence-corrected chi connectivity index (χ0v) is 15.9. The molecule has 4 rings (SSSR count). The lowest BCUT2D eigenvalue weighted by Gasteiger charge is -2.37. The zero-order chi connectivity index (χ0) is 20.2. The van der Waals surface area contributed by atoms with Gasteiger partial charge >= 0.3 is 0 Å². The van der Waals surface area contributed by atoms with Crippen molar-refractivity contribution in [3.63, 3.8) is 0 Å². The summed E-state index contributed by atoms with van der Waals surface area (Å²) in [5.74, 6) is 0.0530. The molecule has 150 valence electrons. The number of nitrogens with one attached hydrogen (secondary N) is 1. The molecule has 1 atom stereocenters. The predicted molar refractivity (Wildman–Crippen MR) is 104 cm³/mol. The van der Waals surface area contributed by atoms with Crippen LogP contribution in [0, 0.1) is 5.82 Å². The Morgan fingerprint density at radius 3 is 2.66 bits per heavy atom. The summed E-state index contributed by atoms with van der Waals surface area (Å²) >= 11 is 0. The quantitative estimate of drug-likeness (QED) is 0.697. The fourth-order valence-corrected chi connectivity index (χ4v) is 3.70. The van der Waals surface area contributed by atoms with Crippen LogP contribution in [0.4, 0.5) is 4.39 Å². The Kier molecular flexibility index (Phi) is 5.46. The van der Waals surface area contributed by atoms with Crippen molar-refractivity contribution < 1.29 is 18.4 Å². The van der Waals surface area contributed by atoms with E-state index < -0.39 is 0 Å². The zero-order valence-electron chi connectivity index (χ0n) is 15.9. The molecule has 6 nitrogen and oxygen atoms in total. The number of benzene rings is 1. The van der Waals surface area contributed by atoms with Gasteiger partial charge in [0, 0.05) is 37.8 Å². The highest BCUT2D eigenvalue weighted by Crippen LogP contribution is 2.33. The number of furan rings is 1. The summed E-state index contributed by atoms with van der Waals surface area (Å²) in [6, 6.07) is 13.4. The summed E-state index contributed by atoms with van der Waals surface area (Å²) in [4.78, 5) is 26.8. The highest BCUT2D eigenvalue weighted by molar-refractivity contribution is 5.84. The van der Waals surface area contributed by atoms with E-state index in [9.17, 15) is 14.0 Å². The highest BCUT2D eigenvalue weighted by Gasteiger charge is 2.32. The third-order valence-electron chi connectivity index (χ3n) is 5.15. The molecular formula is C22H22FN3O3. The first-order valence-electron chi connectivity index (χ1n) is 9.61. The van der Waals surface area contributed by atoms with Gasteiger partial charge in [0.25, 0.3) is 0 Å². The highest BCUT2D eigenvalue weighted by atomic mass is 19.1. The number of amides is 2. The van der Waals surface area contributed by atoms with Crippen molar-refractivity contribution in [1.29, 1.82) is 0 Å². The summed E-state index contributed by atoms with van der Waals surface area (Å²) in [6.07, 6.45) is 3.75. The van der Waals surface area contributed by atoms with E-state index in [1.807, 2.05) is 18.3 Å². The molecule has 0 radical (unpaired) electrons. The number of rotatable bonds is 6. The van der Waals surface area contributed by atoms with E-state index in [2.05, 4.69) is 9.88 Å². The van der Waals surface area contributed by atoms with E-state index in [1.54, 1.807) is 35.4 Å². The van der Waals surface area contributed by atoms with Gasteiger partial charge in [-0.2, -0.15) is 0 Å². The van der Waals surface area contributed by atoms with Gasteiger partial charge in [0.15, 0.2) is 0 Å². The minimum absolute atomic E-state index is 0.0973. The molecule has 0 fully saturated rings. The number of hydrogen-bond donors (Lipinski definition) is 1. The van der Waals surface area contributed by atoms with Crippen LogP contribution in [0.1, 0.15) is 35.9 Å². The standard InChI is InChI=1S/C22H22FN3O3/c23-17-7-5-16(6-8-17)22-19-4-1-11-25(19)12-13-26(22)21(28)10-9-20(27)24-15-18-3-2-14-29-18/h1-8,11,14,22H,9-10,12-13,15H2,(H,24,27)/t22-/m0/s1. The van der Waals surface area contributed by atoms with Gasteiger partial charge in [-0.3, -0.25) is 9.59 Å². The van der Waals surface area contributed by atoms with Crippen molar-refractivity contribution in [3.8, 4) is 0 Å². The monoisotopic (exact) mass is 395 g/mol. The van der Waals surface area contributed by atoms with E-state index in [0.717, 1.165) is 11.3 Å². The van der Waals surface area contributed by atoms with Crippen LogP contribution in [-0.4, -0.2) is 27.8 Å². The van der Waals surface area contributed by atoms with E-state index in [1.165, 1.54) is 12.1 Å². The van der Waals surface area contributed by atoms with Crippen LogP contribution in [0.15, 0.2) is 65.4 Å². The maximum atomic E-state index is 13.4. The summed E-state index contributed by atoms with van der Waals surface area (Å²) in [6.45, 7) is 1.53. The van der Waals surface area contributed by atoms with Crippen LogP contribution in [-0.2, 0) is 22.7 Å². The van der Waals surface area contributed by atoms with Gasteiger partial charge in [-0.25, -0.2) is 4.39 Å². The Labute approximate surface area is 167 Å². The number of carbonyl (C=O) groups is 2. The lowest BCUT2D eigenvalue weighted by Crippen LogP contribution is -2.42.